The molecule has 4 aromatic rings. The maximum atomic E-state index is 13.0. The number of urea groups is 1. The molecule has 1 atom stereocenters. The molecular formula is C38H38N8O9. The molecule has 8 amide bonds. The fourth-order valence-corrected chi connectivity index (χ4v) is 5.87. The smallest absolute Gasteiger partial charge is 0.323 e. The van der Waals surface area contributed by atoms with Crippen LogP contribution in [0.1, 0.15) is 33.6 Å². The van der Waals surface area contributed by atoms with E-state index in [0.29, 0.717) is 42.5 Å². The number of aromatic amines is 1. The minimum Gasteiger partial charge on any atom is -0.383 e. The van der Waals surface area contributed by atoms with Crippen molar-refractivity contribution in [1.29, 1.82) is 0 Å². The normalized spacial score (nSPS) is 15.2. The predicted octanol–water partition coefficient (Wildman–Crippen LogP) is 2.97. The minimum atomic E-state index is -1.02. The lowest BCUT2D eigenvalue weighted by Crippen LogP contribution is -2.54. The van der Waals surface area contributed by atoms with Crippen LogP contribution in [-0.2, 0) is 28.7 Å². The average Bonchev–Trinajstić information content (AvgIpc) is 3.73. The molecular weight excluding hydrogens is 712 g/mol. The fraction of sp³-hybridized carbons (Fsp3) is 0.237. The Hall–Kier alpha value is -6.85. The van der Waals surface area contributed by atoms with Gasteiger partial charge in [0.2, 0.25) is 23.6 Å². The van der Waals surface area contributed by atoms with Crippen LogP contribution in [0.5, 0.6) is 0 Å². The lowest BCUT2D eigenvalue weighted by Gasteiger charge is -2.27. The van der Waals surface area contributed by atoms with E-state index in [1.807, 2.05) is 24.4 Å². The number of carbonyl (C=O) groups is 7. The third-order valence-electron chi connectivity index (χ3n) is 8.54. The highest BCUT2D eigenvalue weighted by Crippen LogP contribution is 2.29. The summed E-state index contributed by atoms with van der Waals surface area (Å²) >= 11 is 0. The van der Waals surface area contributed by atoms with Crippen molar-refractivity contribution in [3.63, 3.8) is 0 Å². The minimum absolute atomic E-state index is 0.0507. The summed E-state index contributed by atoms with van der Waals surface area (Å²) < 4.78 is 11.0. The molecule has 1 aromatic heterocycles. The van der Waals surface area contributed by atoms with E-state index in [2.05, 4.69) is 36.9 Å². The van der Waals surface area contributed by atoms with Crippen molar-refractivity contribution in [2.24, 2.45) is 0 Å². The van der Waals surface area contributed by atoms with E-state index in [1.54, 1.807) is 42.5 Å². The molecule has 1 unspecified atom stereocenters. The number of nitrogens with zero attached hydrogens (tertiary/aromatic N) is 1. The van der Waals surface area contributed by atoms with Crippen LogP contribution in [0.3, 0.4) is 0 Å². The van der Waals surface area contributed by atoms with Crippen molar-refractivity contribution < 1.29 is 43.0 Å². The molecule has 0 aliphatic carbocycles. The summed E-state index contributed by atoms with van der Waals surface area (Å²) in [6, 6.07) is 17.2. The molecule has 6 rings (SSSR count). The first-order chi connectivity index (χ1) is 26.6. The second kappa shape index (κ2) is 17.8. The Morgan fingerprint density at radius 3 is 2.13 bits per heavy atom. The van der Waals surface area contributed by atoms with Gasteiger partial charge >= 0.3 is 6.03 Å². The van der Waals surface area contributed by atoms with Crippen LogP contribution >= 0.6 is 0 Å². The van der Waals surface area contributed by atoms with Gasteiger partial charge < -0.3 is 41.0 Å². The topological polar surface area (TPSA) is 229 Å². The molecule has 7 N–H and O–H groups in total. The molecule has 0 spiro atoms. The van der Waals surface area contributed by atoms with Crippen LogP contribution in [0.15, 0.2) is 85.1 Å². The van der Waals surface area contributed by atoms with Gasteiger partial charge in [-0.15, -0.1) is 0 Å². The molecule has 17 nitrogen and oxygen atoms in total. The number of nitrogens with one attached hydrogen (secondary N) is 7. The second-order valence-corrected chi connectivity index (χ2v) is 12.4. The fourth-order valence-electron chi connectivity index (χ4n) is 5.87. The molecule has 3 aromatic carbocycles. The number of hydrogen-bond donors (Lipinski definition) is 7. The van der Waals surface area contributed by atoms with Gasteiger partial charge in [0.1, 0.15) is 6.04 Å². The van der Waals surface area contributed by atoms with Crippen molar-refractivity contribution in [2.45, 2.75) is 18.9 Å². The van der Waals surface area contributed by atoms with E-state index < -0.39 is 47.5 Å². The number of carbonyl (C=O) groups excluding carboxylic acids is 7. The number of anilines is 4. The maximum Gasteiger partial charge on any atom is 0.323 e. The summed E-state index contributed by atoms with van der Waals surface area (Å²) in [5.74, 6) is -3.21. The Morgan fingerprint density at radius 1 is 0.709 bits per heavy atom. The molecule has 3 heterocycles. The van der Waals surface area contributed by atoms with Gasteiger partial charge in [0.15, 0.2) is 0 Å². The number of piperidine rings is 1. The second-order valence-electron chi connectivity index (χ2n) is 12.4. The van der Waals surface area contributed by atoms with Crippen LogP contribution in [-0.4, -0.2) is 96.9 Å². The number of imide groups is 2. The third-order valence-corrected chi connectivity index (χ3v) is 8.54. The number of H-pyrrole nitrogens is 1. The largest absolute Gasteiger partial charge is 0.383 e. The predicted molar refractivity (Wildman–Crippen MR) is 201 cm³/mol. The summed E-state index contributed by atoms with van der Waals surface area (Å²) in [5.41, 5.74) is 3.59. The average molecular weight is 751 g/mol. The van der Waals surface area contributed by atoms with E-state index in [4.69, 9.17) is 9.47 Å². The quantitative estimate of drug-likeness (QED) is 0.0503. The highest BCUT2D eigenvalue weighted by atomic mass is 16.5. The molecule has 17 heteroatoms. The van der Waals surface area contributed by atoms with Crippen LogP contribution in [0, 0.1) is 0 Å². The zero-order valence-electron chi connectivity index (χ0n) is 29.4. The lowest BCUT2D eigenvalue weighted by molar-refractivity contribution is -0.136. The monoisotopic (exact) mass is 750 g/mol. The van der Waals surface area contributed by atoms with E-state index in [0.717, 1.165) is 28.0 Å². The first-order valence-electron chi connectivity index (χ1n) is 17.4. The Kier molecular flexibility index (Phi) is 12.3. The van der Waals surface area contributed by atoms with Crippen molar-refractivity contribution >= 4 is 75.1 Å². The Balaban J connectivity index is 0.795. The molecule has 0 bridgehead atoms. The van der Waals surface area contributed by atoms with E-state index in [1.165, 1.54) is 6.07 Å². The Labute approximate surface area is 314 Å². The van der Waals surface area contributed by atoms with Gasteiger partial charge in [0, 0.05) is 71.5 Å². The van der Waals surface area contributed by atoms with Gasteiger partial charge in [-0.2, -0.15) is 0 Å². The molecule has 55 heavy (non-hydrogen) atoms. The standard InChI is InChI=1S/C38H38N8O9/c47-32(11-12-33(48)42-24-1-3-25(4-2-24)43-38(53)44-27-6-8-30-23(21-27)13-14-40-30)41-16-18-55-20-19-54-17-15-39-26-5-7-28-29(22-26)37(52)46(36(28)51)31-9-10-34(49)45-35(31)50/h1-8,11-14,21-22,31,39-40H,9-10,15-20H2,(H,41,47)(H,42,48)(H2,43,44,53)(H,45,49,50)/b12-11+. The maximum absolute atomic E-state index is 13.0. The van der Waals surface area contributed by atoms with Gasteiger partial charge in [0.25, 0.3) is 11.8 Å². The van der Waals surface area contributed by atoms with E-state index in [-0.39, 0.29) is 43.7 Å². The SMILES string of the molecule is O=C(/C=C/C(=O)Nc1ccc(NC(=O)Nc2ccc3[nH]ccc3c2)cc1)NCCOCCOCCNc1ccc2c(c1)C(=O)N(C1CCC(=O)NC1=O)C2=O. The molecule has 1 saturated heterocycles. The number of amides is 8. The zero-order valence-corrected chi connectivity index (χ0v) is 29.4. The van der Waals surface area contributed by atoms with Gasteiger partial charge in [0.05, 0.1) is 37.6 Å². The van der Waals surface area contributed by atoms with Crippen molar-refractivity contribution in [1.82, 2.24) is 20.5 Å². The number of fused-ring (bicyclic) bond motifs is 2. The molecule has 2 aliphatic heterocycles. The number of rotatable bonds is 16. The zero-order chi connectivity index (χ0) is 38.7. The van der Waals surface area contributed by atoms with E-state index in [9.17, 15) is 33.6 Å². The summed E-state index contributed by atoms with van der Waals surface area (Å²) in [5, 5.41) is 17.0. The Bertz CT molecular complexity index is 2150. The van der Waals surface area contributed by atoms with Gasteiger partial charge in [-0.25, -0.2) is 4.79 Å². The van der Waals surface area contributed by atoms with Gasteiger partial charge in [-0.1, -0.05) is 0 Å². The van der Waals surface area contributed by atoms with Crippen molar-refractivity contribution in [3.8, 4) is 0 Å². The van der Waals surface area contributed by atoms with Crippen LogP contribution < -0.4 is 31.9 Å². The highest BCUT2D eigenvalue weighted by molar-refractivity contribution is 6.23. The van der Waals surface area contributed by atoms with Crippen LogP contribution in [0.4, 0.5) is 27.5 Å². The number of benzene rings is 3. The highest BCUT2D eigenvalue weighted by Gasteiger charge is 2.44. The molecule has 284 valence electrons. The number of aromatic nitrogens is 1. The molecule has 1 fully saturated rings. The number of ether oxygens (including phenoxy) is 2. The van der Waals surface area contributed by atoms with Crippen molar-refractivity contribution in [3.05, 3.63) is 96.2 Å². The van der Waals surface area contributed by atoms with Crippen molar-refractivity contribution in [2.75, 3.05) is 60.8 Å². The number of hydrogen-bond acceptors (Lipinski definition) is 10. The summed E-state index contributed by atoms with van der Waals surface area (Å²) in [6.07, 6.45) is 4.18. The van der Waals surface area contributed by atoms with Gasteiger partial charge in [-0.3, -0.25) is 39.0 Å². The molecule has 0 radical (unpaired) electrons. The first-order valence-corrected chi connectivity index (χ1v) is 17.4. The van der Waals surface area contributed by atoms with Crippen LogP contribution in [0.25, 0.3) is 10.9 Å². The summed E-state index contributed by atoms with van der Waals surface area (Å²) in [6.45, 7) is 1.75. The van der Waals surface area contributed by atoms with E-state index >= 15 is 0 Å². The molecule has 2 aliphatic rings. The summed E-state index contributed by atoms with van der Waals surface area (Å²) in [7, 11) is 0. The van der Waals surface area contributed by atoms with Gasteiger partial charge in [-0.05, 0) is 73.2 Å². The van der Waals surface area contributed by atoms with Crippen LogP contribution in [0.2, 0.25) is 0 Å². The Morgan fingerprint density at radius 2 is 1.36 bits per heavy atom. The summed E-state index contributed by atoms with van der Waals surface area (Å²) in [4.78, 5) is 90.2. The lowest BCUT2D eigenvalue weighted by atomic mass is 10.0. The third kappa shape index (κ3) is 9.98. The molecule has 0 saturated carbocycles. The first kappa shape index (κ1) is 37.9.